The Morgan fingerprint density at radius 3 is 2.34 bits per heavy atom. The van der Waals surface area contributed by atoms with E-state index in [0.717, 1.165) is 67.6 Å². The van der Waals surface area contributed by atoms with E-state index in [1.165, 1.54) is 0 Å². The summed E-state index contributed by atoms with van der Waals surface area (Å²) in [7, 11) is 0. The predicted octanol–water partition coefficient (Wildman–Crippen LogP) is 6.38. The maximum Gasteiger partial charge on any atom is 0.215 e. The number of hydrogen-bond acceptors (Lipinski definition) is 4. The van der Waals surface area contributed by atoms with Gasteiger partial charge in [0.05, 0.1) is 16.4 Å². The molecule has 156 valence electrons. The lowest BCUT2D eigenvalue weighted by Gasteiger charge is -2.25. The van der Waals surface area contributed by atoms with Crippen molar-refractivity contribution in [3.05, 3.63) is 46.3 Å². The van der Waals surface area contributed by atoms with Crippen molar-refractivity contribution in [1.82, 2.24) is 14.4 Å². The van der Waals surface area contributed by atoms with Crippen LogP contribution in [0, 0.1) is 0 Å². The minimum Gasteiger partial charge on any atom is -0.355 e. The van der Waals surface area contributed by atoms with Crippen LogP contribution in [0.15, 0.2) is 30.6 Å². The lowest BCUT2D eigenvalue weighted by atomic mass is 10.2. The third kappa shape index (κ3) is 4.31. The molecule has 29 heavy (non-hydrogen) atoms. The summed E-state index contributed by atoms with van der Waals surface area (Å²) in [5.74, 6) is 1.85. The van der Waals surface area contributed by atoms with Gasteiger partial charge in [-0.15, -0.1) is 0 Å². The predicted molar refractivity (Wildman–Crippen MR) is 124 cm³/mol. The fraction of sp³-hybridized carbons (Fsp3) is 0.455. The highest BCUT2D eigenvalue weighted by atomic mass is 35.5. The Bertz CT molecular complexity index is 963. The molecule has 0 bridgehead atoms. The summed E-state index contributed by atoms with van der Waals surface area (Å²) in [6, 6.07) is 5.58. The summed E-state index contributed by atoms with van der Waals surface area (Å²) in [4.78, 5) is 14.3. The highest BCUT2D eigenvalue weighted by molar-refractivity contribution is 6.36. The molecule has 3 rings (SSSR count). The zero-order valence-electron chi connectivity index (χ0n) is 17.6. The first-order chi connectivity index (χ1) is 14.0. The van der Waals surface area contributed by atoms with Gasteiger partial charge in [-0.2, -0.15) is 0 Å². The van der Waals surface area contributed by atoms with Gasteiger partial charge in [0.15, 0.2) is 5.82 Å². The maximum absolute atomic E-state index is 6.53. The Morgan fingerprint density at radius 2 is 1.76 bits per heavy atom. The average Bonchev–Trinajstić information content (AvgIpc) is 3.09. The van der Waals surface area contributed by atoms with Crippen LogP contribution in [0.2, 0.25) is 10.0 Å². The normalized spacial score (nSPS) is 11.2. The number of fused-ring (bicyclic) bond motifs is 1. The van der Waals surface area contributed by atoms with E-state index in [1.54, 1.807) is 6.07 Å². The van der Waals surface area contributed by atoms with Crippen molar-refractivity contribution >= 4 is 46.2 Å². The smallest absolute Gasteiger partial charge is 0.215 e. The Morgan fingerprint density at radius 1 is 1.03 bits per heavy atom. The number of anilines is 3. The van der Waals surface area contributed by atoms with Crippen LogP contribution in [0.25, 0.3) is 5.52 Å². The number of rotatable bonds is 9. The summed E-state index contributed by atoms with van der Waals surface area (Å²) in [6.07, 6.45) is 6.84. The lowest BCUT2D eigenvalue weighted by molar-refractivity contribution is 0.734. The van der Waals surface area contributed by atoms with Gasteiger partial charge in [-0.25, -0.2) is 9.97 Å². The number of halogens is 2. The molecule has 3 aromatic rings. The molecular formula is C22H29Cl2N5. The van der Waals surface area contributed by atoms with Gasteiger partial charge in [-0.1, -0.05) is 44.0 Å². The minimum absolute atomic E-state index is 0.613. The molecule has 2 heterocycles. The number of nitrogens with zero attached hydrogens (tertiary/aromatic N) is 5. The van der Waals surface area contributed by atoms with Crippen LogP contribution in [-0.4, -0.2) is 34.0 Å². The molecule has 0 saturated heterocycles. The SMILES string of the molecule is CCCN(CCC)c1nccn2c(N(CC)c3ccc(Cl)cc3Cl)nc(CC)c12. The molecule has 0 aliphatic carbocycles. The quantitative estimate of drug-likeness (QED) is 0.391. The molecule has 1 aromatic carbocycles. The summed E-state index contributed by atoms with van der Waals surface area (Å²) in [5.41, 5.74) is 3.02. The van der Waals surface area contributed by atoms with E-state index in [9.17, 15) is 0 Å². The van der Waals surface area contributed by atoms with Crippen molar-refractivity contribution in [3.63, 3.8) is 0 Å². The topological polar surface area (TPSA) is 36.7 Å². The Balaban J connectivity index is 2.20. The monoisotopic (exact) mass is 433 g/mol. The molecule has 0 amide bonds. The van der Waals surface area contributed by atoms with E-state index in [2.05, 4.69) is 41.9 Å². The summed E-state index contributed by atoms with van der Waals surface area (Å²) in [5, 5.41) is 1.24. The molecular weight excluding hydrogens is 405 g/mol. The molecule has 0 aliphatic heterocycles. The van der Waals surface area contributed by atoms with Crippen molar-refractivity contribution in [3.8, 4) is 0 Å². The standard InChI is InChI=1S/C22H29Cl2N5/c1-5-12-27(13-6-2)21-20-18(7-3)26-22(29(20)14-11-25-21)28(8-4)19-10-9-16(23)15-17(19)24/h9-11,14-15H,5-8,12-13H2,1-4H3. The van der Waals surface area contributed by atoms with Crippen LogP contribution in [0.4, 0.5) is 17.5 Å². The zero-order valence-corrected chi connectivity index (χ0v) is 19.1. The highest BCUT2D eigenvalue weighted by Gasteiger charge is 2.22. The molecule has 0 radical (unpaired) electrons. The largest absolute Gasteiger partial charge is 0.355 e. The van der Waals surface area contributed by atoms with Gasteiger partial charge < -0.3 is 9.80 Å². The first-order valence-corrected chi connectivity index (χ1v) is 11.1. The third-order valence-corrected chi connectivity index (χ3v) is 5.51. The van der Waals surface area contributed by atoms with Crippen LogP contribution in [0.3, 0.4) is 0 Å². The van der Waals surface area contributed by atoms with Crippen LogP contribution in [0.5, 0.6) is 0 Å². The summed E-state index contributed by atoms with van der Waals surface area (Å²) < 4.78 is 2.15. The first kappa shape index (κ1) is 21.7. The summed E-state index contributed by atoms with van der Waals surface area (Å²) in [6.45, 7) is 11.3. The molecule has 0 atom stereocenters. The second-order valence-corrected chi connectivity index (χ2v) is 7.85. The molecule has 0 saturated carbocycles. The van der Waals surface area contributed by atoms with E-state index in [-0.39, 0.29) is 0 Å². The van der Waals surface area contributed by atoms with Crippen LogP contribution < -0.4 is 9.80 Å². The second-order valence-electron chi connectivity index (χ2n) is 7.01. The van der Waals surface area contributed by atoms with Gasteiger partial charge in [0.2, 0.25) is 5.95 Å². The Kier molecular flexibility index (Phi) is 7.25. The zero-order chi connectivity index (χ0) is 21.0. The van der Waals surface area contributed by atoms with Crippen LogP contribution in [-0.2, 0) is 6.42 Å². The van der Waals surface area contributed by atoms with Crippen molar-refractivity contribution < 1.29 is 0 Å². The number of aromatic nitrogens is 3. The number of benzene rings is 1. The summed E-state index contributed by atoms with van der Waals surface area (Å²) >= 11 is 12.6. The third-order valence-electron chi connectivity index (χ3n) is 4.97. The Hall–Kier alpha value is -1.98. The fourth-order valence-corrected chi connectivity index (χ4v) is 4.24. The molecule has 0 spiro atoms. The van der Waals surface area contributed by atoms with Gasteiger partial charge in [-0.3, -0.25) is 4.40 Å². The molecule has 2 aromatic heterocycles. The molecule has 0 fully saturated rings. The minimum atomic E-state index is 0.613. The van der Waals surface area contributed by atoms with Gasteiger partial charge in [0.25, 0.3) is 0 Å². The van der Waals surface area contributed by atoms with Gasteiger partial charge in [-0.05, 0) is 44.4 Å². The molecule has 5 nitrogen and oxygen atoms in total. The highest BCUT2D eigenvalue weighted by Crippen LogP contribution is 2.35. The molecule has 7 heteroatoms. The van der Waals surface area contributed by atoms with Gasteiger partial charge in [0.1, 0.15) is 5.52 Å². The fourth-order valence-electron chi connectivity index (χ4n) is 3.73. The van der Waals surface area contributed by atoms with Crippen molar-refractivity contribution in [1.29, 1.82) is 0 Å². The van der Waals surface area contributed by atoms with E-state index in [1.807, 2.05) is 24.5 Å². The van der Waals surface area contributed by atoms with E-state index < -0.39 is 0 Å². The van der Waals surface area contributed by atoms with Gasteiger partial charge in [0, 0.05) is 37.1 Å². The molecule has 0 unspecified atom stereocenters. The molecule has 0 aliphatic rings. The maximum atomic E-state index is 6.53. The Labute approximate surface area is 183 Å². The van der Waals surface area contributed by atoms with Crippen molar-refractivity contribution in [2.24, 2.45) is 0 Å². The van der Waals surface area contributed by atoms with E-state index in [0.29, 0.717) is 10.0 Å². The van der Waals surface area contributed by atoms with Crippen LogP contribution in [0.1, 0.15) is 46.2 Å². The average molecular weight is 434 g/mol. The van der Waals surface area contributed by atoms with Crippen molar-refractivity contribution in [2.45, 2.75) is 47.0 Å². The molecule has 0 N–H and O–H groups in total. The first-order valence-electron chi connectivity index (χ1n) is 10.4. The van der Waals surface area contributed by atoms with Crippen LogP contribution >= 0.6 is 23.2 Å². The number of hydrogen-bond donors (Lipinski definition) is 0. The van der Waals surface area contributed by atoms with Gasteiger partial charge >= 0.3 is 0 Å². The number of aryl methyl sites for hydroxylation is 1. The van der Waals surface area contributed by atoms with E-state index >= 15 is 0 Å². The van der Waals surface area contributed by atoms with E-state index in [4.69, 9.17) is 33.2 Å². The second kappa shape index (κ2) is 9.68. The lowest BCUT2D eigenvalue weighted by Crippen LogP contribution is -2.26. The van der Waals surface area contributed by atoms with Crippen molar-refractivity contribution in [2.75, 3.05) is 29.4 Å². The number of imidazole rings is 1.